The fraction of sp³-hybridized carbons (Fsp3) is 0.222. The lowest BCUT2D eigenvalue weighted by Crippen LogP contribution is -2.18. The number of fused-ring (bicyclic) bond motifs is 1. The van der Waals surface area contributed by atoms with Crippen molar-refractivity contribution in [1.29, 1.82) is 0 Å². The summed E-state index contributed by atoms with van der Waals surface area (Å²) in [6.07, 6.45) is 3.62. The molecule has 0 bridgehead atoms. The van der Waals surface area contributed by atoms with Crippen LogP contribution in [0.4, 0.5) is 0 Å². The van der Waals surface area contributed by atoms with Gasteiger partial charge in [0.25, 0.3) is 5.56 Å². The Balaban J connectivity index is 2.88. The number of pyridine rings is 1. The van der Waals surface area contributed by atoms with E-state index in [4.69, 9.17) is 0 Å². The van der Waals surface area contributed by atoms with Gasteiger partial charge in [0.15, 0.2) is 5.16 Å². The normalized spacial score (nSPS) is 10.9. The molecule has 0 saturated heterocycles. The van der Waals surface area contributed by atoms with Crippen molar-refractivity contribution in [2.75, 3.05) is 6.26 Å². The van der Waals surface area contributed by atoms with E-state index < -0.39 is 0 Å². The quantitative estimate of drug-likeness (QED) is 0.592. The first-order valence-corrected chi connectivity index (χ1v) is 6.21. The molecule has 0 atom stereocenters. The molecule has 0 amide bonds. The van der Waals surface area contributed by atoms with E-state index in [9.17, 15) is 4.79 Å². The van der Waals surface area contributed by atoms with Crippen molar-refractivity contribution in [3.63, 3.8) is 0 Å². The van der Waals surface area contributed by atoms with E-state index in [0.717, 1.165) is 5.39 Å². The molecule has 0 spiro atoms. The molecule has 2 aromatic heterocycles. The zero-order valence-electron chi connectivity index (χ0n) is 8.19. The largest absolute Gasteiger partial charge is 0.295 e. The average molecular weight is 286 g/mol. The minimum atomic E-state index is -0.0896. The summed E-state index contributed by atoms with van der Waals surface area (Å²) >= 11 is 4.66. The summed E-state index contributed by atoms with van der Waals surface area (Å²) in [5.41, 5.74) is 0.566. The highest BCUT2D eigenvalue weighted by Gasteiger charge is 2.06. The number of thioether (sulfide) groups is 1. The summed E-state index contributed by atoms with van der Waals surface area (Å²) in [7, 11) is 1.70. The zero-order chi connectivity index (χ0) is 11.0. The summed E-state index contributed by atoms with van der Waals surface area (Å²) < 4.78 is 2.04. The number of aromatic nitrogens is 3. The van der Waals surface area contributed by atoms with Crippen LogP contribution in [0.2, 0.25) is 0 Å². The Kier molecular flexibility index (Phi) is 2.79. The van der Waals surface area contributed by atoms with E-state index in [1.807, 2.05) is 6.26 Å². The van der Waals surface area contributed by atoms with Crippen LogP contribution in [0.15, 0.2) is 26.7 Å². The van der Waals surface area contributed by atoms with Crippen LogP contribution in [0.25, 0.3) is 11.0 Å². The Morgan fingerprint density at radius 2 is 2.27 bits per heavy atom. The third kappa shape index (κ3) is 1.79. The summed E-state index contributed by atoms with van der Waals surface area (Å²) in [6, 6.07) is 1.74. The van der Waals surface area contributed by atoms with Gasteiger partial charge < -0.3 is 0 Å². The lowest BCUT2D eigenvalue weighted by atomic mass is 10.3. The molecule has 0 aromatic carbocycles. The van der Waals surface area contributed by atoms with Crippen LogP contribution in [0, 0.1) is 0 Å². The fourth-order valence-electron chi connectivity index (χ4n) is 1.29. The van der Waals surface area contributed by atoms with Gasteiger partial charge in [-0.05, 0) is 28.3 Å². The summed E-state index contributed by atoms with van der Waals surface area (Å²) in [4.78, 5) is 20.1. The molecule has 0 aliphatic carbocycles. The molecule has 0 aliphatic rings. The molecular weight excluding hydrogens is 278 g/mol. The molecule has 0 radical (unpaired) electrons. The second-order valence-corrected chi connectivity index (χ2v) is 4.62. The molecule has 0 N–H and O–H groups in total. The van der Waals surface area contributed by atoms with Crippen LogP contribution in [0.1, 0.15) is 0 Å². The minimum absolute atomic E-state index is 0.0896. The van der Waals surface area contributed by atoms with E-state index in [0.29, 0.717) is 15.3 Å². The van der Waals surface area contributed by atoms with Crippen LogP contribution in [0.5, 0.6) is 0 Å². The molecule has 4 nitrogen and oxygen atoms in total. The van der Waals surface area contributed by atoms with Crippen molar-refractivity contribution >= 4 is 38.7 Å². The molecule has 0 saturated carbocycles. The predicted molar refractivity (Wildman–Crippen MR) is 64.3 cm³/mol. The SMILES string of the molecule is CSc1ncc2cc(Br)c(=O)n(C)c2n1. The van der Waals surface area contributed by atoms with E-state index in [1.165, 1.54) is 16.3 Å². The van der Waals surface area contributed by atoms with Crippen molar-refractivity contribution in [1.82, 2.24) is 14.5 Å². The maximum Gasteiger partial charge on any atom is 0.266 e. The summed E-state index contributed by atoms with van der Waals surface area (Å²) in [5.74, 6) is 0. The molecule has 2 heterocycles. The van der Waals surface area contributed by atoms with Gasteiger partial charge in [0.05, 0.1) is 4.47 Å². The van der Waals surface area contributed by atoms with E-state index in [-0.39, 0.29) is 5.56 Å². The number of aryl methyl sites for hydroxylation is 1. The highest BCUT2D eigenvalue weighted by Crippen LogP contribution is 2.16. The summed E-state index contributed by atoms with van der Waals surface area (Å²) in [5, 5.41) is 1.52. The Labute approximate surface area is 98.9 Å². The van der Waals surface area contributed by atoms with E-state index in [2.05, 4.69) is 25.9 Å². The zero-order valence-corrected chi connectivity index (χ0v) is 10.6. The van der Waals surface area contributed by atoms with Crippen LogP contribution in [-0.2, 0) is 7.05 Å². The molecule has 6 heteroatoms. The summed E-state index contributed by atoms with van der Waals surface area (Å²) in [6.45, 7) is 0. The first-order chi connectivity index (χ1) is 7.13. The Hall–Kier alpha value is -0.880. The van der Waals surface area contributed by atoms with Gasteiger partial charge in [-0.25, -0.2) is 9.97 Å². The van der Waals surface area contributed by atoms with Gasteiger partial charge >= 0.3 is 0 Å². The topological polar surface area (TPSA) is 47.8 Å². The van der Waals surface area contributed by atoms with Gasteiger partial charge in [0.2, 0.25) is 0 Å². The fourth-order valence-corrected chi connectivity index (χ4v) is 2.14. The number of nitrogens with zero attached hydrogens (tertiary/aromatic N) is 3. The number of hydrogen-bond donors (Lipinski definition) is 0. The molecule has 2 rings (SSSR count). The smallest absolute Gasteiger partial charge is 0.266 e. The van der Waals surface area contributed by atoms with Crippen molar-refractivity contribution in [3.8, 4) is 0 Å². The third-order valence-electron chi connectivity index (χ3n) is 2.07. The lowest BCUT2D eigenvalue weighted by Gasteiger charge is -2.05. The standard InChI is InChI=1S/C9H8BrN3OS/c1-13-7-5(3-6(10)8(13)14)4-11-9(12-7)15-2/h3-4H,1-2H3. The highest BCUT2D eigenvalue weighted by molar-refractivity contribution is 9.10. The maximum atomic E-state index is 11.6. The predicted octanol–water partition coefficient (Wildman–Crippen LogP) is 1.81. The van der Waals surface area contributed by atoms with Crippen LogP contribution >= 0.6 is 27.7 Å². The number of hydrogen-bond acceptors (Lipinski definition) is 4. The van der Waals surface area contributed by atoms with Crippen LogP contribution < -0.4 is 5.56 Å². The van der Waals surface area contributed by atoms with E-state index >= 15 is 0 Å². The first-order valence-electron chi connectivity index (χ1n) is 4.19. The van der Waals surface area contributed by atoms with Crippen LogP contribution in [-0.4, -0.2) is 20.8 Å². The van der Waals surface area contributed by atoms with Gasteiger partial charge in [-0.1, -0.05) is 11.8 Å². The maximum absolute atomic E-state index is 11.6. The molecule has 2 aromatic rings. The molecule has 0 fully saturated rings. The van der Waals surface area contributed by atoms with Gasteiger partial charge in [0, 0.05) is 18.6 Å². The van der Waals surface area contributed by atoms with Gasteiger partial charge in [-0.15, -0.1) is 0 Å². The Morgan fingerprint density at radius 1 is 1.53 bits per heavy atom. The van der Waals surface area contributed by atoms with Crippen LogP contribution in [0.3, 0.4) is 0 Å². The molecule has 78 valence electrons. The van der Waals surface area contributed by atoms with Gasteiger partial charge in [-0.2, -0.15) is 0 Å². The van der Waals surface area contributed by atoms with Crippen molar-refractivity contribution in [3.05, 3.63) is 27.1 Å². The minimum Gasteiger partial charge on any atom is -0.295 e. The van der Waals surface area contributed by atoms with Crippen molar-refractivity contribution in [2.45, 2.75) is 5.16 Å². The Bertz CT molecular complexity index is 581. The van der Waals surface area contributed by atoms with Gasteiger partial charge in [0.1, 0.15) is 5.65 Å². The van der Waals surface area contributed by atoms with Crippen molar-refractivity contribution in [2.24, 2.45) is 7.05 Å². The average Bonchev–Trinajstić information content (AvgIpc) is 2.26. The number of halogens is 1. The lowest BCUT2D eigenvalue weighted by molar-refractivity contribution is 0.854. The first kappa shape index (κ1) is 10.6. The molecular formula is C9H8BrN3OS. The molecule has 0 aliphatic heterocycles. The second kappa shape index (κ2) is 3.94. The third-order valence-corrected chi connectivity index (χ3v) is 3.20. The number of rotatable bonds is 1. The monoisotopic (exact) mass is 285 g/mol. The second-order valence-electron chi connectivity index (χ2n) is 2.99. The van der Waals surface area contributed by atoms with E-state index in [1.54, 1.807) is 19.3 Å². The molecule has 0 unspecified atom stereocenters. The van der Waals surface area contributed by atoms with Gasteiger partial charge in [-0.3, -0.25) is 9.36 Å². The molecule has 15 heavy (non-hydrogen) atoms. The Morgan fingerprint density at radius 3 is 2.93 bits per heavy atom. The van der Waals surface area contributed by atoms with Crippen molar-refractivity contribution < 1.29 is 0 Å². The highest BCUT2D eigenvalue weighted by atomic mass is 79.9.